The monoisotopic (exact) mass is 227 g/mol. The first-order valence-electron chi connectivity index (χ1n) is 5.48. The number of carbonyl (C=O) groups is 1. The Kier molecular flexibility index (Phi) is 2.52. The van der Waals surface area contributed by atoms with E-state index in [1.54, 1.807) is 4.90 Å². The van der Waals surface area contributed by atoms with Gasteiger partial charge in [0.1, 0.15) is 5.60 Å². The van der Waals surface area contributed by atoms with Gasteiger partial charge in [-0.05, 0) is 20.8 Å². The van der Waals surface area contributed by atoms with E-state index in [1.807, 2.05) is 20.8 Å². The second kappa shape index (κ2) is 3.61. The summed E-state index contributed by atoms with van der Waals surface area (Å²) in [4.78, 5) is 23.8. The SMILES string of the molecule is CC(C)(C)OC(=O)N1CC2CN(N=O)C2C1. The normalized spacial score (nSPS) is 28.4. The standard InChI is InChI=1S/C10H17N3O3/c1-10(2,3)16-9(14)12-4-7-5-13(11-15)8(7)6-12/h7-8H,4-6H2,1-3H3. The van der Waals surface area contributed by atoms with Crippen molar-refractivity contribution in [1.29, 1.82) is 0 Å². The fourth-order valence-corrected chi connectivity index (χ4v) is 2.18. The summed E-state index contributed by atoms with van der Waals surface area (Å²) < 4.78 is 5.27. The van der Waals surface area contributed by atoms with Gasteiger partial charge in [-0.15, -0.1) is 4.91 Å². The highest BCUT2D eigenvalue weighted by Crippen LogP contribution is 2.32. The lowest BCUT2D eigenvalue weighted by atomic mass is 9.95. The summed E-state index contributed by atoms with van der Waals surface area (Å²) in [6.07, 6.45) is -0.298. The van der Waals surface area contributed by atoms with Crippen molar-refractivity contribution in [3.8, 4) is 0 Å². The first-order valence-corrected chi connectivity index (χ1v) is 5.48. The van der Waals surface area contributed by atoms with E-state index in [4.69, 9.17) is 4.74 Å². The van der Waals surface area contributed by atoms with E-state index in [0.717, 1.165) is 0 Å². The van der Waals surface area contributed by atoms with E-state index in [-0.39, 0.29) is 12.1 Å². The minimum atomic E-state index is -0.471. The molecule has 0 aromatic rings. The van der Waals surface area contributed by atoms with Crippen LogP contribution in [0.4, 0.5) is 4.79 Å². The molecule has 0 aromatic carbocycles. The zero-order valence-corrected chi connectivity index (χ0v) is 9.84. The predicted molar refractivity (Wildman–Crippen MR) is 57.6 cm³/mol. The number of fused-ring (bicyclic) bond motifs is 1. The highest BCUT2D eigenvalue weighted by atomic mass is 16.6. The van der Waals surface area contributed by atoms with Crippen molar-refractivity contribution in [3.05, 3.63) is 4.91 Å². The average molecular weight is 227 g/mol. The van der Waals surface area contributed by atoms with Crippen LogP contribution in [0.5, 0.6) is 0 Å². The zero-order chi connectivity index (χ0) is 11.9. The van der Waals surface area contributed by atoms with Gasteiger partial charge in [-0.1, -0.05) is 0 Å². The van der Waals surface area contributed by atoms with Crippen molar-refractivity contribution in [2.24, 2.45) is 11.2 Å². The van der Waals surface area contributed by atoms with E-state index in [2.05, 4.69) is 5.29 Å². The van der Waals surface area contributed by atoms with Gasteiger partial charge in [0.05, 0.1) is 11.3 Å². The van der Waals surface area contributed by atoms with Gasteiger partial charge in [-0.25, -0.2) is 4.79 Å². The maximum absolute atomic E-state index is 11.8. The van der Waals surface area contributed by atoms with Crippen LogP contribution in [0.15, 0.2) is 5.29 Å². The number of hydrogen-bond donors (Lipinski definition) is 0. The molecule has 16 heavy (non-hydrogen) atoms. The Balaban J connectivity index is 1.89. The van der Waals surface area contributed by atoms with Gasteiger partial charge in [0.25, 0.3) is 0 Å². The summed E-state index contributed by atoms with van der Waals surface area (Å²) in [6.45, 7) is 7.41. The van der Waals surface area contributed by atoms with E-state index >= 15 is 0 Å². The number of carbonyl (C=O) groups excluding carboxylic acids is 1. The summed E-state index contributed by atoms with van der Waals surface area (Å²) in [7, 11) is 0. The number of nitroso groups, excluding NO2 is 1. The van der Waals surface area contributed by atoms with Crippen LogP contribution in [0.3, 0.4) is 0 Å². The highest BCUT2D eigenvalue weighted by Gasteiger charge is 2.48. The molecular formula is C10H17N3O3. The Bertz CT molecular complexity index is 313. The van der Waals surface area contributed by atoms with Gasteiger partial charge >= 0.3 is 6.09 Å². The molecule has 2 atom stereocenters. The number of amides is 1. The molecule has 0 saturated carbocycles. The minimum absolute atomic E-state index is 0.102. The molecule has 2 rings (SSSR count). The van der Waals surface area contributed by atoms with Crippen LogP contribution in [0.25, 0.3) is 0 Å². The van der Waals surface area contributed by atoms with Crippen LogP contribution in [0, 0.1) is 10.8 Å². The van der Waals surface area contributed by atoms with Gasteiger partial charge in [0.2, 0.25) is 0 Å². The third-order valence-corrected chi connectivity index (χ3v) is 2.97. The number of hydrogen-bond acceptors (Lipinski definition) is 4. The van der Waals surface area contributed by atoms with Crippen LogP contribution in [0.2, 0.25) is 0 Å². The molecule has 0 bridgehead atoms. The summed E-state index contributed by atoms with van der Waals surface area (Å²) in [5, 5.41) is 4.40. The molecule has 2 aliphatic heterocycles. The van der Waals surface area contributed by atoms with Crippen molar-refractivity contribution in [1.82, 2.24) is 9.91 Å². The Hall–Kier alpha value is -1.33. The summed E-state index contributed by atoms with van der Waals surface area (Å²) in [5.41, 5.74) is -0.471. The van der Waals surface area contributed by atoms with Gasteiger partial charge < -0.3 is 9.64 Å². The van der Waals surface area contributed by atoms with Crippen LogP contribution in [-0.4, -0.2) is 47.3 Å². The molecule has 90 valence electrons. The summed E-state index contributed by atoms with van der Waals surface area (Å²) in [6, 6.07) is 0.102. The van der Waals surface area contributed by atoms with Crippen LogP contribution in [0.1, 0.15) is 20.8 Å². The fourth-order valence-electron chi connectivity index (χ4n) is 2.18. The molecule has 0 aromatic heterocycles. The molecule has 2 aliphatic rings. The molecule has 2 fully saturated rings. The lowest BCUT2D eigenvalue weighted by Crippen LogP contribution is -2.52. The first kappa shape index (κ1) is 11.2. The second-order valence-electron chi connectivity index (χ2n) is 5.42. The smallest absolute Gasteiger partial charge is 0.410 e. The van der Waals surface area contributed by atoms with E-state index in [1.165, 1.54) is 5.01 Å². The second-order valence-corrected chi connectivity index (χ2v) is 5.42. The van der Waals surface area contributed by atoms with Gasteiger partial charge in [0, 0.05) is 25.6 Å². The van der Waals surface area contributed by atoms with E-state index in [0.29, 0.717) is 25.6 Å². The molecule has 0 N–H and O–H groups in total. The third kappa shape index (κ3) is 1.96. The van der Waals surface area contributed by atoms with Crippen molar-refractivity contribution in [3.63, 3.8) is 0 Å². The Morgan fingerprint density at radius 3 is 2.56 bits per heavy atom. The van der Waals surface area contributed by atoms with Gasteiger partial charge in [-0.2, -0.15) is 0 Å². The van der Waals surface area contributed by atoms with Crippen LogP contribution >= 0.6 is 0 Å². The Morgan fingerprint density at radius 1 is 1.31 bits per heavy atom. The van der Waals surface area contributed by atoms with Crippen molar-refractivity contribution in [2.45, 2.75) is 32.4 Å². The summed E-state index contributed by atoms with van der Waals surface area (Å²) >= 11 is 0. The zero-order valence-electron chi connectivity index (χ0n) is 9.84. The minimum Gasteiger partial charge on any atom is -0.444 e. The third-order valence-electron chi connectivity index (χ3n) is 2.97. The molecule has 1 amide bonds. The molecular weight excluding hydrogens is 210 g/mol. The largest absolute Gasteiger partial charge is 0.444 e. The molecule has 0 aliphatic carbocycles. The number of ether oxygens (including phenoxy) is 1. The Morgan fingerprint density at radius 2 is 2.00 bits per heavy atom. The average Bonchev–Trinajstić information content (AvgIpc) is 2.43. The molecule has 2 heterocycles. The number of rotatable bonds is 1. The van der Waals surface area contributed by atoms with Crippen molar-refractivity contribution >= 4 is 6.09 Å². The van der Waals surface area contributed by atoms with Crippen molar-refractivity contribution < 1.29 is 9.53 Å². The Labute approximate surface area is 94.5 Å². The maximum atomic E-state index is 11.8. The van der Waals surface area contributed by atoms with Gasteiger partial charge in [0.15, 0.2) is 0 Å². The molecule has 2 saturated heterocycles. The maximum Gasteiger partial charge on any atom is 0.410 e. The predicted octanol–water partition coefficient (Wildman–Crippen LogP) is 1.22. The van der Waals surface area contributed by atoms with Crippen molar-refractivity contribution in [2.75, 3.05) is 19.6 Å². The summed E-state index contributed by atoms with van der Waals surface area (Å²) in [5.74, 6) is 0.380. The quantitative estimate of drug-likeness (QED) is 0.632. The topological polar surface area (TPSA) is 62.2 Å². The molecule has 0 radical (unpaired) electrons. The van der Waals surface area contributed by atoms with E-state index < -0.39 is 5.60 Å². The lowest BCUT2D eigenvalue weighted by Gasteiger charge is -2.37. The number of likely N-dealkylation sites (tertiary alicyclic amines) is 1. The molecule has 2 unspecified atom stereocenters. The molecule has 6 nitrogen and oxygen atoms in total. The van der Waals surface area contributed by atoms with Gasteiger partial charge in [-0.3, -0.25) is 5.01 Å². The number of nitrogens with zero attached hydrogens (tertiary/aromatic N) is 3. The lowest BCUT2D eigenvalue weighted by molar-refractivity contribution is 0.0286. The molecule has 6 heteroatoms. The molecule has 0 spiro atoms. The van der Waals surface area contributed by atoms with Crippen LogP contribution < -0.4 is 0 Å². The highest BCUT2D eigenvalue weighted by molar-refractivity contribution is 5.68. The first-order chi connectivity index (χ1) is 7.40. The fraction of sp³-hybridized carbons (Fsp3) is 0.900. The van der Waals surface area contributed by atoms with E-state index in [9.17, 15) is 9.70 Å². The van der Waals surface area contributed by atoms with Crippen LogP contribution in [-0.2, 0) is 4.74 Å².